The van der Waals surface area contributed by atoms with Crippen molar-refractivity contribution in [2.75, 3.05) is 12.0 Å². The summed E-state index contributed by atoms with van der Waals surface area (Å²) in [5.41, 5.74) is 2.00. The van der Waals surface area contributed by atoms with Gasteiger partial charge in [0.25, 0.3) is 11.8 Å². The summed E-state index contributed by atoms with van der Waals surface area (Å²) in [7, 11) is 1.49. The number of carbonyl (C=O) groups excluding carboxylic acids is 2. The number of methoxy groups -OCH3 is 1. The van der Waals surface area contributed by atoms with Gasteiger partial charge in [-0.1, -0.05) is 41.9 Å². The number of carbonyl (C=O) groups is 3. The molecule has 0 aromatic heterocycles. The summed E-state index contributed by atoms with van der Waals surface area (Å²) in [5.74, 6) is -1.68. The highest BCUT2D eigenvalue weighted by Crippen LogP contribution is 2.36. The van der Waals surface area contributed by atoms with Crippen molar-refractivity contribution in [2.45, 2.75) is 13.0 Å². The third-order valence-corrected chi connectivity index (χ3v) is 6.49. The Bertz CT molecular complexity index is 1530. The molecule has 0 aliphatic carbocycles. The van der Waals surface area contributed by atoms with Crippen molar-refractivity contribution < 1.29 is 29.0 Å². The van der Waals surface area contributed by atoms with Crippen LogP contribution in [0.5, 0.6) is 11.5 Å². The molecule has 39 heavy (non-hydrogen) atoms. The fraction of sp³-hybridized carbons (Fsp3) is 0.103. The predicted octanol–water partition coefficient (Wildman–Crippen LogP) is 5.19. The number of carboxylic acids is 1. The van der Waals surface area contributed by atoms with Gasteiger partial charge in [0.05, 0.1) is 18.4 Å². The maximum Gasteiger partial charge on any atom is 0.335 e. The number of ether oxygens (including phenoxy) is 2. The Kier molecular flexibility index (Phi) is 8.43. The van der Waals surface area contributed by atoms with Gasteiger partial charge in [-0.3, -0.25) is 19.8 Å². The van der Waals surface area contributed by atoms with Crippen LogP contribution in [-0.4, -0.2) is 35.1 Å². The van der Waals surface area contributed by atoms with Crippen LogP contribution in [0.15, 0.2) is 78.9 Å². The topological polar surface area (TPSA) is 105 Å². The highest BCUT2D eigenvalue weighted by molar-refractivity contribution is 7.80. The van der Waals surface area contributed by atoms with Gasteiger partial charge in [0.1, 0.15) is 12.2 Å². The van der Waals surface area contributed by atoms with Crippen molar-refractivity contribution in [3.05, 3.63) is 106 Å². The Balaban J connectivity index is 1.71. The van der Waals surface area contributed by atoms with Gasteiger partial charge < -0.3 is 14.6 Å². The Morgan fingerprint density at radius 1 is 1.13 bits per heavy atom. The number of carboxylic acid groups (broad SMARTS) is 1. The maximum atomic E-state index is 13.4. The van der Waals surface area contributed by atoms with E-state index in [-0.39, 0.29) is 28.5 Å². The minimum Gasteiger partial charge on any atom is -0.493 e. The maximum absolute atomic E-state index is 13.4. The molecule has 2 amide bonds. The zero-order valence-electron chi connectivity index (χ0n) is 20.8. The van der Waals surface area contributed by atoms with E-state index in [1.54, 1.807) is 24.3 Å². The number of anilines is 1. The smallest absolute Gasteiger partial charge is 0.335 e. The lowest BCUT2D eigenvalue weighted by Crippen LogP contribution is -2.54. The molecule has 1 aliphatic heterocycles. The van der Waals surface area contributed by atoms with Gasteiger partial charge in [-0.05, 0) is 66.7 Å². The molecule has 0 bridgehead atoms. The predicted molar refractivity (Wildman–Crippen MR) is 152 cm³/mol. The summed E-state index contributed by atoms with van der Waals surface area (Å²) < 4.78 is 11.7. The normalized spacial score (nSPS) is 14.3. The quantitative estimate of drug-likeness (QED) is 0.160. The van der Waals surface area contributed by atoms with E-state index < -0.39 is 17.8 Å². The summed E-state index contributed by atoms with van der Waals surface area (Å²) in [5, 5.41) is 12.2. The van der Waals surface area contributed by atoms with E-state index in [9.17, 15) is 19.5 Å². The van der Waals surface area contributed by atoms with Crippen molar-refractivity contribution in [3.63, 3.8) is 0 Å². The first kappa shape index (κ1) is 27.6. The number of thiocarbonyl (C=S) groups is 1. The molecule has 3 aromatic carbocycles. The van der Waals surface area contributed by atoms with Crippen LogP contribution in [0.1, 0.15) is 27.0 Å². The van der Waals surface area contributed by atoms with Crippen molar-refractivity contribution in [1.82, 2.24) is 5.32 Å². The SMILES string of the molecule is C=CCc1cc(C=C2C(=O)NC(=S)N(c3cccc(C(=O)O)c3)C2=O)cc(OC)c1OCc1ccccc1Cl. The second-order valence-electron chi connectivity index (χ2n) is 8.40. The monoisotopic (exact) mass is 562 g/mol. The minimum absolute atomic E-state index is 0.0308. The second kappa shape index (κ2) is 11.9. The van der Waals surface area contributed by atoms with Crippen molar-refractivity contribution in [3.8, 4) is 11.5 Å². The first-order valence-electron chi connectivity index (χ1n) is 11.7. The fourth-order valence-corrected chi connectivity index (χ4v) is 4.46. The van der Waals surface area contributed by atoms with E-state index in [0.717, 1.165) is 10.5 Å². The van der Waals surface area contributed by atoms with Crippen molar-refractivity contribution in [2.24, 2.45) is 0 Å². The fourth-order valence-electron chi connectivity index (χ4n) is 3.99. The highest BCUT2D eigenvalue weighted by atomic mass is 35.5. The largest absolute Gasteiger partial charge is 0.493 e. The van der Waals surface area contributed by atoms with Crippen LogP contribution in [0.25, 0.3) is 6.08 Å². The second-order valence-corrected chi connectivity index (χ2v) is 9.19. The molecule has 1 aliphatic rings. The van der Waals surface area contributed by atoms with Crippen LogP contribution in [0.4, 0.5) is 5.69 Å². The Morgan fingerprint density at radius 3 is 2.59 bits per heavy atom. The molecule has 1 fully saturated rings. The summed E-state index contributed by atoms with van der Waals surface area (Å²) in [6.07, 6.45) is 3.53. The lowest BCUT2D eigenvalue weighted by molar-refractivity contribution is -0.122. The number of nitrogens with zero attached hydrogens (tertiary/aromatic N) is 1. The Morgan fingerprint density at radius 2 is 1.90 bits per heavy atom. The van der Waals surface area contributed by atoms with Crippen LogP contribution in [0.3, 0.4) is 0 Å². The molecular formula is C29H23ClN2O6S. The van der Waals surface area contributed by atoms with Crippen LogP contribution >= 0.6 is 23.8 Å². The summed E-state index contributed by atoms with van der Waals surface area (Å²) in [6, 6.07) is 16.4. The lowest BCUT2D eigenvalue weighted by Gasteiger charge is -2.29. The van der Waals surface area contributed by atoms with Gasteiger partial charge >= 0.3 is 5.97 Å². The number of nitrogens with one attached hydrogen (secondary N) is 1. The van der Waals surface area contributed by atoms with Crippen LogP contribution in [0.2, 0.25) is 5.02 Å². The van der Waals surface area contributed by atoms with Gasteiger partial charge in [0.2, 0.25) is 0 Å². The van der Waals surface area contributed by atoms with E-state index >= 15 is 0 Å². The third-order valence-electron chi connectivity index (χ3n) is 5.83. The number of rotatable bonds is 9. The van der Waals surface area contributed by atoms with E-state index in [4.69, 9.17) is 33.3 Å². The first-order valence-corrected chi connectivity index (χ1v) is 12.4. The van der Waals surface area contributed by atoms with Crippen molar-refractivity contribution in [1.29, 1.82) is 0 Å². The summed E-state index contributed by atoms with van der Waals surface area (Å²) in [6.45, 7) is 4.01. The van der Waals surface area contributed by atoms with Crippen LogP contribution in [-0.2, 0) is 22.6 Å². The summed E-state index contributed by atoms with van der Waals surface area (Å²) >= 11 is 11.5. The van der Waals surface area contributed by atoms with Gasteiger partial charge in [0, 0.05) is 16.1 Å². The van der Waals surface area contributed by atoms with Gasteiger partial charge in [-0.15, -0.1) is 6.58 Å². The molecule has 1 heterocycles. The zero-order valence-corrected chi connectivity index (χ0v) is 22.3. The number of benzene rings is 3. The lowest BCUT2D eigenvalue weighted by atomic mass is 10.0. The molecule has 1 saturated heterocycles. The minimum atomic E-state index is -1.16. The molecule has 0 unspecified atom stereocenters. The Hall–Kier alpha value is -4.47. The molecule has 10 heteroatoms. The standard InChI is InChI=1S/C29H23ClN2O6S/c1-3-7-18-12-17(14-24(37-2)25(18)38-16-20-8-4-5-11-23(20)30)13-22-26(33)31-29(39)32(27(22)34)21-10-6-9-19(15-21)28(35)36/h3-6,8-15H,1,7,16H2,2H3,(H,35,36)(H,31,33,39). The van der Waals surface area contributed by atoms with E-state index in [1.165, 1.54) is 37.5 Å². The van der Waals surface area contributed by atoms with Crippen molar-refractivity contribution >= 4 is 58.5 Å². The van der Waals surface area contributed by atoms with Gasteiger partial charge in [0.15, 0.2) is 16.6 Å². The van der Waals surface area contributed by atoms with E-state index in [1.807, 2.05) is 18.2 Å². The summed E-state index contributed by atoms with van der Waals surface area (Å²) in [4.78, 5) is 38.7. The number of hydrogen-bond acceptors (Lipinski definition) is 6. The molecule has 4 rings (SSSR count). The number of amides is 2. The number of hydrogen-bond donors (Lipinski definition) is 2. The average Bonchev–Trinajstić information content (AvgIpc) is 2.91. The molecule has 0 atom stereocenters. The van der Waals surface area contributed by atoms with Crippen LogP contribution < -0.4 is 19.7 Å². The highest BCUT2D eigenvalue weighted by Gasteiger charge is 2.35. The molecule has 0 radical (unpaired) electrons. The van der Waals surface area contributed by atoms with Gasteiger partial charge in [-0.2, -0.15) is 0 Å². The van der Waals surface area contributed by atoms with Gasteiger partial charge in [-0.25, -0.2) is 4.79 Å². The Labute approximate surface area is 235 Å². The molecule has 8 nitrogen and oxygen atoms in total. The molecule has 3 aromatic rings. The van der Waals surface area contributed by atoms with E-state index in [2.05, 4.69) is 11.9 Å². The molecule has 2 N–H and O–H groups in total. The third kappa shape index (κ3) is 6.00. The molecule has 0 spiro atoms. The van der Waals surface area contributed by atoms with E-state index in [0.29, 0.717) is 34.1 Å². The van der Waals surface area contributed by atoms with Crippen LogP contribution in [0, 0.1) is 0 Å². The number of aromatic carboxylic acids is 1. The zero-order chi connectivity index (χ0) is 28.1. The first-order chi connectivity index (χ1) is 18.7. The number of allylic oxidation sites excluding steroid dienone is 1. The molecule has 198 valence electrons. The average molecular weight is 563 g/mol. The molecule has 0 saturated carbocycles. The number of halogens is 1. The molecular weight excluding hydrogens is 540 g/mol.